The number of rotatable bonds is 6. The second kappa shape index (κ2) is 6.17. The van der Waals surface area contributed by atoms with Gasteiger partial charge in [0.25, 0.3) is 0 Å². The maximum absolute atomic E-state index is 11.5. The lowest BCUT2D eigenvalue weighted by Crippen LogP contribution is -2.40. The van der Waals surface area contributed by atoms with Crippen LogP contribution >= 0.6 is 11.3 Å². The Bertz CT molecular complexity index is 371. The van der Waals surface area contributed by atoms with Gasteiger partial charge in [0.1, 0.15) is 0 Å². The number of hydrogen-bond acceptors (Lipinski definition) is 3. The number of amides is 1. The zero-order valence-corrected chi connectivity index (χ0v) is 11.9. The molecule has 1 amide bonds. The Labute approximate surface area is 108 Å². The van der Waals surface area contributed by atoms with Gasteiger partial charge in [-0.25, -0.2) is 0 Å². The summed E-state index contributed by atoms with van der Waals surface area (Å²) in [5.41, 5.74) is 1.31. The number of aryl methyl sites for hydroxylation is 1. The van der Waals surface area contributed by atoms with Gasteiger partial charge in [0.2, 0.25) is 5.91 Å². The van der Waals surface area contributed by atoms with Gasteiger partial charge in [0, 0.05) is 16.8 Å². The van der Waals surface area contributed by atoms with E-state index in [-0.39, 0.29) is 11.3 Å². The average molecular weight is 254 g/mol. The van der Waals surface area contributed by atoms with Gasteiger partial charge in [-0.3, -0.25) is 4.79 Å². The van der Waals surface area contributed by atoms with E-state index in [9.17, 15) is 4.79 Å². The first-order valence-corrected chi connectivity index (χ1v) is 6.87. The first-order chi connectivity index (χ1) is 7.97. The summed E-state index contributed by atoms with van der Waals surface area (Å²) in [6.07, 6.45) is 0. The van der Waals surface area contributed by atoms with Gasteiger partial charge in [-0.1, -0.05) is 20.8 Å². The quantitative estimate of drug-likeness (QED) is 0.816. The van der Waals surface area contributed by atoms with Crippen LogP contribution in [0.3, 0.4) is 0 Å². The van der Waals surface area contributed by atoms with Crippen molar-refractivity contribution >= 4 is 17.2 Å². The Balaban J connectivity index is 2.50. The summed E-state index contributed by atoms with van der Waals surface area (Å²) in [5, 5.41) is 8.10. The standard InChI is InChI=1S/C13H22N2OS/c1-5-14-8-11(16)15-9-13(3,4)12-10(2)6-7-17-12/h6-7,14H,5,8-9H2,1-4H3,(H,15,16). The Morgan fingerprint density at radius 3 is 2.71 bits per heavy atom. The van der Waals surface area contributed by atoms with Crippen molar-refractivity contribution in [1.82, 2.24) is 10.6 Å². The molecule has 0 atom stereocenters. The smallest absolute Gasteiger partial charge is 0.233 e. The fourth-order valence-electron chi connectivity index (χ4n) is 1.77. The third-order valence-corrected chi connectivity index (χ3v) is 4.12. The molecule has 0 saturated carbocycles. The minimum atomic E-state index is 0.000124. The maximum atomic E-state index is 11.5. The van der Waals surface area contributed by atoms with Crippen molar-refractivity contribution in [1.29, 1.82) is 0 Å². The van der Waals surface area contributed by atoms with Gasteiger partial charge < -0.3 is 10.6 Å². The zero-order valence-electron chi connectivity index (χ0n) is 11.1. The van der Waals surface area contributed by atoms with E-state index in [1.54, 1.807) is 11.3 Å². The average Bonchev–Trinajstić information content (AvgIpc) is 2.71. The Hall–Kier alpha value is -0.870. The fraction of sp³-hybridized carbons (Fsp3) is 0.615. The molecule has 0 bridgehead atoms. The molecule has 0 fully saturated rings. The van der Waals surface area contributed by atoms with Gasteiger partial charge in [0.05, 0.1) is 6.54 Å². The third kappa shape index (κ3) is 4.13. The normalized spacial score (nSPS) is 11.5. The van der Waals surface area contributed by atoms with Crippen molar-refractivity contribution in [3.05, 3.63) is 21.9 Å². The summed E-state index contributed by atoms with van der Waals surface area (Å²) in [5.74, 6) is 0.0640. The van der Waals surface area contributed by atoms with Crippen molar-refractivity contribution < 1.29 is 4.79 Å². The van der Waals surface area contributed by atoms with Gasteiger partial charge in [-0.05, 0) is 30.5 Å². The predicted molar refractivity (Wildman–Crippen MR) is 73.6 cm³/mol. The molecule has 17 heavy (non-hydrogen) atoms. The molecule has 1 aromatic heterocycles. The summed E-state index contributed by atoms with van der Waals surface area (Å²) in [7, 11) is 0. The first kappa shape index (κ1) is 14.2. The van der Waals surface area contributed by atoms with Crippen molar-refractivity contribution in [3.8, 4) is 0 Å². The molecule has 0 saturated heterocycles. The summed E-state index contributed by atoms with van der Waals surface area (Å²) in [6, 6.07) is 2.13. The van der Waals surface area contributed by atoms with Crippen LogP contribution in [0.1, 0.15) is 31.2 Å². The van der Waals surface area contributed by atoms with E-state index in [1.807, 2.05) is 6.92 Å². The van der Waals surface area contributed by atoms with Crippen molar-refractivity contribution in [3.63, 3.8) is 0 Å². The molecule has 1 heterocycles. The topological polar surface area (TPSA) is 41.1 Å². The van der Waals surface area contributed by atoms with Crippen molar-refractivity contribution in [2.75, 3.05) is 19.6 Å². The summed E-state index contributed by atoms with van der Waals surface area (Å²) in [6.45, 7) is 10.3. The molecule has 1 rings (SSSR count). The molecule has 0 unspecified atom stereocenters. The van der Waals surface area contributed by atoms with Crippen molar-refractivity contribution in [2.24, 2.45) is 0 Å². The lowest BCUT2D eigenvalue weighted by Gasteiger charge is -2.25. The molecule has 96 valence electrons. The molecule has 0 aromatic carbocycles. The van der Waals surface area contributed by atoms with Crippen LogP contribution in [0.5, 0.6) is 0 Å². The number of nitrogens with one attached hydrogen (secondary N) is 2. The first-order valence-electron chi connectivity index (χ1n) is 5.99. The minimum absolute atomic E-state index is 0.000124. The van der Waals surface area contributed by atoms with Crippen LogP contribution in [0.4, 0.5) is 0 Å². The summed E-state index contributed by atoms with van der Waals surface area (Å²) in [4.78, 5) is 12.9. The highest BCUT2D eigenvalue weighted by atomic mass is 32.1. The lowest BCUT2D eigenvalue weighted by molar-refractivity contribution is -0.120. The number of thiophene rings is 1. The van der Waals surface area contributed by atoms with Crippen LogP contribution in [0, 0.1) is 6.92 Å². The second-order valence-electron chi connectivity index (χ2n) is 4.87. The predicted octanol–water partition coefficient (Wildman–Crippen LogP) is 2.06. The van der Waals surface area contributed by atoms with Gasteiger partial charge in [0.15, 0.2) is 0 Å². The van der Waals surface area contributed by atoms with Gasteiger partial charge in [-0.2, -0.15) is 0 Å². The minimum Gasteiger partial charge on any atom is -0.354 e. The molecule has 1 aromatic rings. The van der Waals surface area contributed by atoms with E-state index in [2.05, 4.69) is 42.9 Å². The van der Waals surface area contributed by atoms with Crippen LogP contribution in [0.25, 0.3) is 0 Å². The Morgan fingerprint density at radius 1 is 1.47 bits per heavy atom. The SMILES string of the molecule is CCNCC(=O)NCC(C)(C)c1sccc1C. The second-order valence-corrected chi connectivity index (χ2v) is 5.79. The summed E-state index contributed by atoms with van der Waals surface area (Å²) < 4.78 is 0. The Kier molecular flexibility index (Phi) is 5.15. The van der Waals surface area contributed by atoms with E-state index in [4.69, 9.17) is 0 Å². The monoisotopic (exact) mass is 254 g/mol. The molecule has 0 radical (unpaired) electrons. The van der Waals surface area contributed by atoms with E-state index in [0.29, 0.717) is 13.1 Å². The highest BCUT2D eigenvalue weighted by Gasteiger charge is 2.24. The van der Waals surface area contributed by atoms with E-state index >= 15 is 0 Å². The molecule has 3 nitrogen and oxygen atoms in total. The number of hydrogen-bond donors (Lipinski definition) is 2. The van der Waals surface area contributed by atoms with Crippen LogP contribution in [-0.4, -0.2) is 25.5 Å². The third-order valence-electron chi connectivity index (χ3n) is 2.74. The van der Waals surface area contributed by atoms with E-state index in [0.717, 1.165) is 6.54 Å². The van der Waals surface area contributed by atoms with Crippen LogP contribution in [0.15, 0.2) is 11.4 Å². The fourth-order valence-corrected chi connectivity index (χ4v) is 2.82. The number of likely N-dealkylation sites (N-methyl/N-ethyl adjacent to an activating group) is 1. The highest BCUT2D eigenvalue weighted by molar-refractivity contribution is 7.10. The maximum Gasteiger partial charge on any atom is 0.233 e. The number of carbonyl (C=O) groups excluding carboxylic acids is 1. The molecule has 2 N–H and O–H groups in total. The van der Waals surface area contributed by atoms with Crippen LogP contribution < -0.4 is 10.6 Å². The molecule has 4 heteroatoms. The molecule has 0 aliphatic carbocycles. The molecule has 0 spiro atoms. The lowest BCUT2D eigenvalue weighted by atomic mass is 9.89. The van der Waals surface area contributed by atoms with Gasteiger partial charge >= 0.3 is 0 Å². The zero-order chi connectivity index (χ0) is 12.9. The number of carbonyl (C=O) groups is 1. The molecular weight excluding hydrogens is 232 g/mol. The largest absolute Gasteiger partial charge is 0.354 e. The Morgan fingerprint density at radius 2 is 2.18 bits per heavy atom. The van der Waals surface area contributed by atoms with E-state index in [1.165, 1.54) is 10.4 Å². The molecular formula is C13H22N2OS. The summed E-state index contributed by atoms with van der Waals surface area (Å²) >= 11 is 1.76. The van der Waals surface area contributed by atoms with Crippen molar-refractivity contribution in [2.45, 2.75) is 33.1 Å². The highest BCUT2D eigenvalue weighted by Crippen LogP contribution is 2.30. The van der Waals surface area contributed by atoms with E-state index < -0.39 is 0 Å². The van der Waals surface area contributed by atoms with Crippen LogP contribution in [0.2, 0.25) is 0 Å². The molecule has 0 aliphatic rings. The molecule has 0 aliphatic heterocycles. The van der Waals surface area contributed by atoms with Gasteiger partial charge in [-0.15, -0.1) is 11.3 Å². The van der Waals surface area contributed by atoms with Crippen LogP contribution in [-0.2, 0) is 10.2 Å².